The van der Waals surface area contributed by atoms with Crippen molar-refractivity contribution in [2.75, 3.05) is 0 Å². The standard InChI is InChI=1S/C48H96O14Si10/c1-63(2)50-64(3,4)52-67(43-30-16-8-17-31-43)56-69(45-34-20-10-21-35-45)54-66(49,42-28-14-7-15-29-42)55-70(46-36-22-11-23-37-46)57-68(53-65(5,6)51-63,44-32-18-9-19-33-44)59-71(58-67,47-38-24-12-25-39-47)62-72(60-69,61-70)48-40-26-13-27-41-48/h42-49H,7-41H2,1-6H3. The van der Waals surface area contributed by atoms with Crippen molar-refractivity contribution in [1.82, 2.24) is 0 Å². The first-order valence-corrected chi connectivity index (χ1v) is 51.4. The fraction of sp³-hybridized carbons (Fsp3) is 1.00. The average Bonchev–Trinajstić information content (AvgIpc) is 3.35. The zero-order valence-electron chi connectivity index (χ0n) is 45.5. The lowest BCUT2D eigenvalue weighted by Crippen LogP contribution is -2.86. The minimum Gasteiger partial charge on any atom is -0.416 e. The van der Waals surface area contributed by atoms with Gasteiger partial charge in [0.25, 0.3) is 0 Å². The van der Waals surface area contributed by atoms with Gasteiger partial charge in [0.1, 0.15) is 0 Å². The molecule has 4 unspecified atom stereocenters. The van der Waals surface area contributed by atoms with Crippen LogP contribution in [-0.2, 0) is 53.5 Å². The minimum atomic E-state index is -4.43. The summed E-state index contributed by atoms with van der Waals surface area (Å²) in [6.45, 7) is 13.1. The molecular weight excluding hydrogens is 1080 g/mol. The summed E-state index contributed by atoms with van der Waals surface area (Å²) in [7, 11) is -39.4. The van der Waals surface area contributed by atoms with E-state index in [2.05, 4.69) is 39.3 Å². The largest absolute Gasteiger partial charge is 0.486 e. The van der Waals surface area contributed by atoms with E-state index >= 15 is 0 Å². The maximum atomic E-state index is 14.6. The molecule has 6 bridgehead atoms. The molecule has 4 atom stereocenters. The lowest BCUT2D eigenvalue weighted by molar-refractivity contribution is -0.0173. The van der Waals surface area contributed by atoms with Crippen molar-refractivity contribution >= 4 is 87.3 Å². The third-order valence-corrected chi connectivity index (χ3v) is 64.8. The molecule has 11 fully saturated rings. The van der Waals surface area contributed by atoms with Gasteiger partial charge in [-0.05, 0) is 129 Å². The van der Waals surface area contributed by atoms with Gasteiger partial charge in [-0.25, -0.2) is 0 Å². The Morgan fingerprint density at radius 2 is 0.375 bits per heavy atom. The van der Waals surface area contributed by atoms with Crippen LogP contribution in [0.2, 0.25) is 78.1 Å². The molecule has 4 aliphatic heterocycles. The Bertz CT molecular complexity index is 1750. The van der Waals surface area contributed by atoms with Gasteiger partial charge in [-0.1, -0.05) is 135 Å². The van der Waals surface area contributed by atoms with Gasteiger partial charge in [0.05, 0.1) is 0 Å². The predicted octanol–water partition coefficient (Wildman–Crippen LogP) is 14.3. The van der Waals surface area contributed by atoms with Crippen LogP contribution in [0.5, 0.6) is 0 Å². The Kier molecular flexibility index (Phi) is 16.8. The molecule has 11 rings (SSSR count). The lowest BCUT2D eigenvalue weighted by Gasteiger charge is -2.64. The molecule has 7 saturated carbocycles. The fourth-order valence-electron chi connectivity index (χ4n) is 16.0. The molecule has 1 N–H and O–H groups in total. The van der Waals surface area contributed by atoms with Gasteiger partial charge in [-0.3, -0.25) is 0 Å². The molecule has 14 nitrogen and oxygen atoms in total. The molecule has 0 amide bonds. The molecule has 24 heteroatoms. The Morgan fingerprint density at radius 3 is 0.597 bits per heavy atom. The van der Waals surface area contributed by atoms with Crippen molar-refractivity contribution in [1.29, 1.82) is 0 Å². The first kappa shape index (κ1) is 55.5. The van der Waals surface area contributed by atoms with E-state index in [0.717, 1.165) is 218 Å². The van der Waals surface area contributed by atoms with Crippen LogP contribution in [0.25, 0.3) is 0 Å². The average molecular weight is 1180 g/mol. The molecule has 4 saturated heterocycles. The van der Waals surface area contributed by atoms with Gasteiger partial charge in [0.15, 0.2) is 0 Å². The highest BCUT2D eigenvalue weighted by Crippen LogP contribution is 2.63. The zero-order chi connectivity index (χ0) is 50.0. The van der Waals surface area contributed by atoms with E-state index in [4.69, 9.17) is 53.5 Å². The Labute approximate surface area is 445 Å². The minimum absolute atomic E-state index is 0.0506. The van der Waals surface area contributed by atoms with Gasteiger partial charge >= 0.3 is 87.3 Å². The second-order valence-corrected chi connectivity index (χ2v) is 59.4. The van der Waals surface area contributed by atoms with Crippen molar-refractivity contribution < 1.29 is 58.3 Å². The van der Waals surface area contributed by atoms with E-state index in [1.165, 1.54) is 6.42 Å². The van der Waals surface area contributed by atoms with E-state index in [0.29, 0.717) is 0 Å². The van der Waals surface area contributed by atoms with Gasteiger partial charge < -0.3 is 58.3 Å². The summed E-state index contributed by atoms with van der Waals surface area (Å²) in [5.74, 6) is 0. The van der Waals surface area contributed by atoms with Crippen LogP contribution in [0.3, 0.4) is 0 Å². The van der Waals surface area contributed by atoms with E-state index in [1.54, 1.807) is 0 Å². The van der Waals surface area contributed by atoms with Crippen molar-refractivity contribution in [2.24, 2.45) is 0 Å². The SMILES string of the molecule is C[Si]1(C)O[Si](C)(C)O[Si]2(C3CCCCC3)O[Si]3(C4CCCCC4)O[Si](O)(C4CCCCC4)O[Si]4(C5CCCCC5)O[Si](C5CCCCC5)(O[Si](C)(C)O1)O[Si](C1CCCCC1)(O2)O[Si](C1CCCCC1)(O3)O4. The van der Waals surface area contributed by atoms with Crippen LogP contribution in [0.4, 0.5) is 0 Å². The van der Waals surface area contributed by atoms with E-state index < -0.39 is 87.3 Å². The molecule has 11 aliphatic rings. The normalized spacial score (nSPS) is 44.2. The number of hydrogen-bond donors (Lipinski definition) is 1. The monoisotopic (exact) mass is 1180 g/mol. The van der Waals surface area contributed by atoms with Gasteiger partial charge in [0, 0.05) is 38.8 Å². The molecule has 72 heavy (non-hydrogen) atoms. The smallest absolute Gasteiger partial charge is 0.416 e. The summed E-state index contributed by atoms with van der Waals surface area (Å²) in [5, 5.41) is 0. The topological polar surface area (TPSA) is 140 Å². The van der Waals surface area contributed by atoms with Crippen LogP contribution in [0.1, 0.15) is 225 Å². The quantitative estimate of drug-likeness (QED) is 0.242. The molecule has 0 aromatic rings. The first-order chi connectivity index (χ1) is 34.4. The fourth-order valence-corrected chi connectivity index (χ4v) is 78.4. The first-order valence-electron chi connectivity index (χ1n) is 30.3. The van der Waals surface area contributed by atoms with Gasteiger partial charge in [-0.15, -0.1) is 0 Å². The third-order valence-electron chi connectivity index (χ3n) is 19.1. The molecule has 0 aromatic heterocycles. The van der Waals surface area contributed by atoms with Crippen LogP contribution in [-0.4, -0.2) is 92.1 Å². The number of rotatable bonds is 7. The summed E-state index contributed by atoms with van der Waals surface area (Å²) in [4.78, 5) is 14.6. The number of fused-ring (bicyclic) bond motifs is 4. The summed E-state index contributed by atoms with van der Waals surface area (Å²) < 4.78 is 109. The Balaban J connectivity index is 1.27. The van der Waals surface area contributed by atoms with Crippen molar-refractivity contribution in [2.45, 2.75) is 303 Å². The molecule has 4 heterocycles. The molecule has 7 aliphatic carbocycles. The summed E-state index contributed by atoms with van der Waals surface area (Å²) in [6.07, 6.45) is 35.2. The van der Waals surface area contributed by atoms with Crippen molar-refractivity contribution in [3.05, 3.63) is 0 Å². The van der Waals surface area contributed by atoms with Crippen LogP contribution in [0.15, 0.2) is 0 Å². The molecule has 0 aromatic carbocycles. The van der Waals surface area contributed by atoms with E-state index in [-0.39, 0.29) is 38.8 Å². The van der Waals surface area contributed by atoms with Crippen LogP contribution in [0, 0.1) is 0 Å². The third kappa shape index (κ3) is 11.3. The molecule has 0 spiro atoms. The highest BCUT2D eigenvalue weighted by molar-refractivity contribution is 7.02. The van der Waals surface area contributed by atoms with E-state index in [9.17, 15) is 4.80 Å². The molecule has 0 radical (unpaired) electrons. The second-order valence-electron chi connectivity index (χ2n) is 26.1. The highest BCUT2D eigenvalue weighted by atomic mass is 28.6. The van der Waals surface area contributed by atoms with E-state index in [1.807, 2.05) is 0 Å². The molecular formula is C48H96O14Si10. The van der Waals surface area contributed by atoms with Crippen molar-refractivity contribution in [3.63, 3.8) is 0 Å². The maximum absolute atomic E-state index is 14.6. The Hall–Kier alpha value is 1.61. The summed E-state index contributed by atoms with van der Waals surface area (Å²) in [5.41, 5.74) is -0.682. The molecule has 412 valence electrons. The van der Waals surface area contributed by atoms with Crippen LogP contribution >= 0.6 is 0 Å². The highest BCUT2D eigenvalue weighted by Gasteiger charge is 2.84. The summed E-state index contributed by atoms with van der Waals surface area (Å²) in [6, 6.07) is 0. The maximum Gasteiger partial charge on any atom is 0.486 e. The predicted molar refractivity (Wildman–Crippen MR) is 297 cm³/mol. The van der Waals surface area contributed by atoms with Crippen LogP contribution < -0.4 is 0 Å². The van der Waals surface area contributed by atoms with Gasteiger partial charge in [-0.2, -0.15) is 0 Å². The lowest BCUT2D eigenvalue weighted by atomic mass is 10.0. The number of hydrogen-bond acceptors (Lipinski definition) is 14. The van der Waals surface area contributed by atoms with Gasteiger partial charge in [0.2, 0.25) is 0 Å². The second kappa shape index (κ2) is 21.8. The summed E-state index contributed by atoms with van der Waals surface area (Å²) >= 11 is 0. The Morgan fingerprint density at radius 1 is 0.208 bits per heavy atom. The zero-order valence-corrected chi connectivity index (χ0v) is 55.5. The van der Waals surface area contributed by atoms with Crippen molar-refractivity contribution in [3.8, 4) is 0 Å².